The second kappa shape index (κ2) is 10.4. The van der Waals surface area contributed by atoms with Gasteiger partial charge in [-0.15, -0.1) is 12.4 Å². The number of hydrogen-bond donors (Lipinski definition) is 2. The number of aromatic amines is 1. The number of rotatable bonds is 5. The predicted molar refractivity (Wildman–Crippen MR) is 134 cm³/mol. The summed E-state index contributed by atoms with van der Waals surface area (Å²) in [6.07, 6.45) is 6.78. The molecule has 1 amide bonds. The summed E-state index contributed by atoms with van der Waals surface area (Å²) in [6, 6.07) is 18.6. The summed E-state index contributed by atoms with van der Waals surface area (Å²) in [5.74, 6) is 0.747. The van der Waals surface area contributed by atoms with Crippen LogP contribution < -0.4 is 5.32 Å². The average Bonchev–Trinajstić information content (AvgIpc) is 3.28. The van der Waals surface area contributed by atoms with Gasteiger partial charge in [0.05, 0.1) is 11.6 Å². The van der Waals surface area contributed by atoms with E-state index in [0.717, 1.165) is 61.3 Å². The summed E-state index contributed by atoms with van der Waals surface area (Å²) in [7, 11) is 0. The third-order valence-corrected chi connectivity index (χ3v) is 7.24. The Kier molecular flexibility index (Phi) is 7.37. The zero-order valence-electron chi connectivity index (χ0n) is 18.8. The number of nitriles is 1. The Hall–Kier alpha value is -2.81. The number of H-pyrrole nitrogens is 1. The first-order valence-electron chi connectivity index (χ1n) is 11.8. The van der Waals surface area contributed by atoms with Crippen molar-refractivity contribution >= 4 is 29.2 Å². The van der Waals surface area contributed by atoms with Crippen molar-refractivity contribution in [2.45, 2.75) is 51.1 Å². The van der Waals surface area contributed by atoms with Crippen molar-refractivity contribution in [3.63, 3.8) is 0 Å². The monoisotopic (exact) mass is 462 g/mol. The van der Waals surface area contributed by atoms with Crippen LogP contribution >= 0.6 is 12.4 Å². The first-order valence-corrected chi connectivity index (χ1v) is 11.8. The molecule has 3 aromatic rings. The zero-order valence-corrected chi connectivity index (χ0v) is 19.7. The number of fused-ring (bicyclic) bond motifs is 2. The van der Waals surface area contributed by atoms with Crippen LogP contribution in [0.5, 0.6) is 0 Å². The van der Waals surface area contributed by atoms with Gasteiger partial charge in [-0.25, -0.2) is 0 Å². The van der Waals surface area contributed by atoms with Crippen LogP contribution in [0, 0.1) is 17.2 Å². The van der Waals surface area contributed by atoms with Gasteiger partial charge in [0, 0.05) is 30.0 Å². The summed E-state index contributed by atoms with van der Waals surface area (Å²) in [5, 5.41) is 13.5. The van der Waals surface area contributed by atoms with Crippen molar-refractivity contribution in [2.24, 2.45) is 5.92 Å². The van der Waals surface area contributed by atoms with E-state index in [9.17, 15) is 4.79 Å². The molecule has 2 aliphatic rings. The summed E-state index contributed by atoms with van der Waals surface area (Å²) in [6.45, 7) is 3.18. The fourth-order valence-electron chi connectivity index (χ4n) is 5.30. The fourth-order valence-corrected chi connectivity index (χ4v) is 5.30. The van der Waals surface area contributed by atoms with Crippen LogP contribution in [-0.2, 0) is 13.0 Å². The van der Waals surface area contributed by atoms with Crippen molar-refractivity contribution < 1.29 is 4.79 Å². The van der Waals surface area contributed by atoms with Gasteiger partial charge in [0.1, 0.15) is 5.69 Å². The number of aromatic nitrogens is 1. The van der Waals surface area contributed by atoms with Gasteiger partial charge in [0.2, 0.25) is 0 Å². The van der Waals surface area contributed by atoms with Crippen LogP contribution in [0.3, 0.4) is 0 Å². The maximum Gasteiger partial charge on any atom is 0.267 e. The van der Waals surface area contributed by atoms with Crippen LogP contribution in [-0.4, -0.2) is 34.9 Å². The Bertz CT molecular complexity index is 1120. The first kappa shape index (κ1) is 23.4. The minimum Gasteiger partial charge on any atom is -0.351 e. The Morgan fingerprint density at radius 1 is 1.09 bits per heavy atom. The van der Waals surface area contributed by atoms with E-state index in [1.54, 1.807) is 0 Å². The Morgan fingerprint density at radius 2 is 1.91 bits per heavy atom. The molecule has 2 N–H and O–H groups in total. The first-order chi connectivity index (χ1) is 15.7. The summed E-state index contributed by atoms with van der Waals surface area (Å²) < 4.78 is 0. The van der Waals surface area contributed by atoms with Crippen molar-refractivity contribution in [3.05, 3.63) is 70.9 Å². The third-order valence-electron chi connectivity index (χ3n) is 7.24. The molecule has 0 spiro atoms. The number of para-hydroxylation sites is 1. The lowest BCUT2D eigenvalue weighted by molar-refractivity contribution is 0.0915. The van der Waals surface area contributed by atoms with Gasteiger partial charge < -0.3 is 10.3 Å². The van der Waals surface area contributed by atoms with Gasteiger partial charge in [0.25, 0.3) is 5.91 Å². The lowest BCUT2D eigenvalue weighted by Gasteiger charge is -2.33. The number of amides is 1. The van der Waals surface area contributed by atoms with Crippen LogP contribution in [0.15, 0.2) is 48.5 Å². The van der Waals surface area contributed by atoms with Gasteiger partial charge >= 0.3 is 0 Å². The lowest BCUT2D eigenvalue weighted by Crippen LogP contribution is -2.38. The minimum absolute atomic E-state index is 0. The molecule has 0 radical (unpaired) electrons. The smallest absolute Gasteiger partial charge is 0.267 e. The summed E-state index contributed by atoms with van der Waals surface area (Å²) in [4.78, 5) is 18.4. The maximum atomic E-state index is 12.7. The molecule has 0 unspecified atom stereocenters. The number of carbonyl (C=O) groups is 1. The number of nitrogens with one attached hydrogen (secondary N) is 2. The molecule has 33 heavy (non-hydrogen) atoms. The molecule has 1 aliphatic heterocycles. The number of benzene rings is 2. The number of carbonyl (C=O) groups excluding carboxylic acids is 1. The summed E-state index contributed by atoms with van der Waals surface area (Å²) >= 11 is 0. The van der Waals surface area contributed by atoms with E-state index in [0.29, 0.717) is 5.69 Å². The van der Waals surface area contributed by atoms with Crippen LogP contribution in [0.1, 0.15) is 59.3 Å². The molecule has 0 atom stereocenters. The molecular formula is C27H31ClN4O. The molecule has 172 valence electrons. The molecule has 0 saturated heterocycles. The topological polar surface area (TPSA) is 71.9 Å². The largest absolute Gasteiger partial charge is 0.351 e. The number of halogens is 1. The highest BCUT2D eigenvalue weighted by atomic mass is 35.5. The highest BCUT2D eigenvalue weighted by Crippen LogP contribution is 2.28. The van der Waals surface area contributed by atoms with Gasteiger partial charge in [-0.2, -0.15) is 5.26 Å². The van der Waals surface area contributed by atoms with E-state index < -0.39 is 0 Å². The molecule has 1 fully saturated rings. The van der Waals surface area contributed by atoms with E-state index in [2.05, 4.69) is 33.4 Å². The Labute approximate surface area is 201 Å². The third kappa shape index (κ3) is 5.40. The van der Waals surface area contributed by atoms with Gasteiger partial charge in [-0.3, -0.25) is 9.69 Å². The Balaban J connectivity index is 0.00000259. The second-order valence-corrected chi connectivity index (χ2v) is 9.37. The van der Waals surface area contributed by atoms with E-state index in [1.165, 1.54) is 30.4 Å². The van der Waals surface area contributed by atoms with Crippen LogP contribution in [0.25, 0.3) is 10.9 Å². The molecule has 5 nitrogen and oxygen atoms in total. The predicted octanol–water partition coefficient (Wildman–Crippen LogP) is 5.20. The fraction of sp³-hybridized carbons (Fsp3) is 0.407. The van der Waals surface area contributed by atoms with E-state index >= 15 is 0 Å². The molecule has 1 saturated carbocycles. The number of nitrogens with zero attached hydrogens (tertiary/aromatic N) is 2. The molecule has 6 heteroatoms. The van der Waals surface area contributed by atoms with Crippen LogP contribution in [0.2, 0.25) is 0 Å². The normalized spacial score (nSPS) is 20.5. The van der Waals surface area contributed by atoms with Crippen molar-refractivity contribution in [3.8, 4) is 6.07 Å². The quantitative estimate of drug-likeness (QED) is 0.547. The average molecular weight is 463 g/mol. The maximum absolute atomic E-state index is 12.7. The molecule has 1 aromatic heterocycles. The van der Waals surface area contributed by atoms with Crippen molar-refractivity contribution in [1.82, 2.24) is 15.2 Å². The highest BCUT2D eigenvalue weighted by Gasteiger charge is 2.24. The lowest BCUT2D eigenvalue weighted by atomic mass is 9.84. The van der Waals surface area contributed by atoms with Crippen LogP contribution in [0.4, 0.5) is 0 Å². The molecular weight excluding hydrogens is 432 g/mol. The van der Waals surface area contributed by atoms with E-state index in [-0.39, 0.29) is 24.4 Å². The van der Waals surface area contributed by atoms with Crippen molar-refractivity contribution in [1.29, 1.82) is 5.26 Å². The molecule has 5 rings (SSSR count). The molecule has 2 aromatic carbocycles. The molecule has 1 aliphatic carbocycles. The summed E-state index contributed by atoms with van der Waals surface area (Å²) in [5.41, 5.74) is 5.13. The second-order valence-electron chi connectivity index (χ2n) is 9.37. The van der Waals surface area contributed by atoms with Gasteiger partial charge in [0.15, 0.2) is 0 Å². The number of hydrogen-bond acceptors (Lipinski definition) is 3. The zero-order chi connectivity index (χ0) is 21.9. The highest BCUT2D eigenvalue weighted by molar-refractivity contribution is 5.98. The minimum atomic E-state index is 0. The van der Waals surface area contributed by atoms with E-state index in [4.69, 9.17) is 5.26 Å². The van der Waals surface area contributed by atoms with Gasteiger partial charge in [-0.1, -0.05) is 24.3 Å². The Morgan fingerprint density at radius 3 is 2.70 bits per heavy atom. The standard InChI is InChI=1S/C27H30N4O.ClH/c28-17-20-5-8-21-12-14-31(18-23(21)15-20)13-11-19-6-9-24(10-7-19)29-27(32)26-16-22-3-1-2-4-25(22)30-26;/h1-5,8,15-16,19,24,30H,6-7,9-14,18H2,(H,29,32);1H. The SMILES string of the molecule is Cl.N#Cc1ccc2c(c1)CN(CCC1CCC(NC(=O)c3cc4ccccc4[nH]3)CC1)CC2. The van der Waals surface area contributed by atoms with Crippen molar-refractivity contribution in [2.75, 3.05) is 13.1 Å². The molecule has 2 heterocycles. The molecule has 0 bridgehead atoms. The van der Waals surface area contributed by atoms with E-state index in [1.807, 2.05) is 36.4 Å². The van der Waals surface area contributed by atoms with Gasteiger partial charge in [-0.05, 0) is 86.4 Å².